The highest BCUT2D eigenvalue weighted by Crippen LogP contribution is 2.30. The fourth-order valence-corrected chi connectivity index (χ4v) is 2.27. The summed E-state index contributed by atoms with van der Waals surface area (Å²) in [6.07, 6.45) is 5.25. The molecule has 0 bridgehead atoms. The SMILES string of the molecule is COc1ccc2c(c1)C=C(C(=O)/C=C/c1ccccc1)CO2. The Morgan fingerprint density at radius 3 is 2.77 bits per heavy atom. The molecule has 3 nitrogen and oxygen atoms in total. The third-order valence-corrected chi connectivity index (χ3v) is 3.47. The monoisotopic (exact) mass is 292 g/mol. The number of rotatable bonds is 4. The van der Waals surface area contributed by atoms with Crippen LogP contribution in [0.5, 0.6) is 11.5 Å². The summed E-state index contributed by atoms with van der Waals surface area (Å²) in [5, 5.41) is 0. The Morgan fingerprint density at radius 2 is 2.00 bits per heavy atom. The van der Waals surface area contributed by atoms with Crippen molar-refractivity contribution in [1.82, 2.24) is 0 Å². The van der Waals surface area contributed by atoms with Crippen molar-refractivity contribution in [2.75, 3.05) is 13.7 Å². The van der Waals surface area contributed by atoms with E-state index in [9.17, 15) is 4.79 Å². The Kier molecular flexibility index (Phi) is 4.05. The summed E-state index contributed by atoms with van der Waals surface area (Å²) in [6, 6.07) is 15.3. The maximum absolute atomic E-state index is 12.3. The molecule has 110 valence electrons. The van der Waals surface area contributed by atoms with Gasteiger partial charge in [0, 0.05) is 11.1 Å². The first-order chi connectivity index (χ1) is 10.8. The molecular weight excluding hydrogens is 276 g/mol. The minimum Gasteiger partial charge on any atom is -0.497 e. The Bertz CT molecular complexity index is 743. The van der Waals surface area contributed by atoms with Crippen molar-refractivity contribution in [3.63, 3.8) is 0 Å². The molecule has 0 spiro atoms. The van der Waals surface area contributed by atoms with Gasteiger partial charge >= 0.3 is 0 Å². The zero-order valence-electron chi connectivity index (χ0n) is 12.3. The molecular formula is C19H16O3. The number of methoxy groups -OCH3 is 1. The quantitative estimate of drug-likeness (QED) is 0.805. The molecule has 0 fully saturated rings. The molecule has 3 heteroatoms. The number of allylic oxidation sites excluding steroid dienone is 1. The lowest BCUT2D eigenvalue weighted by Gasteiger charge is -2.17. The second kappa shape index (κ2) is 6.31. The number of hydrogen-bond donors (Lipinski definition) is 0. The van der Waals surface area contributed by atoms with E-state index < -0.39 is 0 Å². The highest BCUT2D eigenvalue weighted by molar-refractivity contribution is 6.09. The summed E-state index contributed by atoms with van der Waals surface area (Å²) in [6.45, 7) is 0.289. The van der Waals surface area contributed by atoms with Crippen molar-refractivity contribution in [1.29, 1.82) is 0 Å². The smallest absolute Gasteiger partial charge is 0.185 e. The Labute approximate surface area is 129 Å². The van der Waals surface area contributed by atoms with Gasteiger partial charge in [0.25, 0.3) is 0 Å². The summed E-state index contributed by atoms with van der Waals surface area (Å²) < 4.78 is 10.8. The number of carbonyl (C=O) groups excluding carboxylic acids is 1. The van der Waals surface area contributed by atoms with Crippen LogP contribution in [0.25, 0.3) is 12.2 Å². The fourth-order valence-electron chi connectivity index (χ4n) is 2.27. The Balaban J connectivity index is 1.81. The van der Waals surface area contributed by atoms with Crippen molar-refractivity contribution in [3.8, 4) is 11.5 Å². The summed E-state index contributed by atoms with van der Waals surface area (Å²) in [4.78, 5) is 12.3. The maximum Gasteiger partial charge on any atom is 0.185 e. The highest BCUT2D eigenvalue weighted by Gasteiger charge is 2.16. The Morgan fingerprint density at radius 1 is 1.18 bits per heavy atom. The number of benzene rings is 2. The van der Waals surface area contributed by atoms with E-state index >= 15 is 0 Å². The van der Waals surface area contributed by atoms with E-state index in [0.717, 1.165) is 22.6 Å². The van der Waals surface area contributed by atoms with E-state index in [2.05, 4.69) is 0 Å². The molecule has 0 N–H and O–H groups in total. The Hall–Kier alpha value is -2.81. The van der Waals surface area contributed by atoms with E-state index in [-0.39, 0.29) is 12.4 Å². The highest BCUT2D eigenvalue weighted by atomic mass is 16.5. The lowest BCUT2D eigenvalue weighted by molar-refractivity contribution is -0.111. The minimum atomic E-state index is -0.0441. The standard InChI is InChI=1S/C19H16O3/c1-21-17-8-10-19-15(12-17)11-16(13-22-19)18(20)9-7-14-5-3-2-4-6-14/h2-12H,13H2,1H3/b9-7+. The van der Waals surface area contributed by atoms with Gasteiger partial charge in [-0.3, -0.25) is 4.79 Å². The van der Waals surface area contributed by atoms with Gasteiger partial charge in [0.15, 0.2) is 5.78 Å². The molecule has 1 heterocycles. The van der Waals surface area contributed by atoms with Gasteiger partial charge < -0.3 is 9.47 Å². The lowest BCUT2D eigenvalue weighted by atomic mass is 10.0. The molecule has 3 rings (SSSR count). The van der Waals surface area contributed by atoms with Crippen LogP contribution in [-0.2, 0) is 4.79 Å². The van der Waals surface area contributed by atoms with Crippen LogP contribution in [0.1, 0.15) is 11.1 Å². The van der Waals surface area contributed by atoms with Crippen LogP contribution in [0, 0.1) is 0 Å². The first kappa shape index (κ1) is 14.1. The molecule has 2 aromatic carbocycles. The van der Waals surface area contributed by atoms with Gasteiger partial charge in [-0.15, -0.1) is 0 Å². The van der Waals surface area contributed by atoms with Crippen LogP contribution in [-0.4, -0.2) is 19.5 Å². The van der Waals surface area contributed by atoms with Crippen LogP contribution in [0.2, 0.25) is 0 Å². The van der Waals surface area contributed by atoms with Crippen molar-refractivity contribution < 1.29 is 14.3 Å². The topological polar surface area (TPSA) is 35.5 Å². The van der Waals surface area contributed by atoms with E-state index in [1.54, 1.807) is 13.2 Å². The lowest BCUT2D eigenvalue weighted by Crippen LogP contribution is -2.13. The van der Waals surface area contributed by atoms with Crippen LogP contribution >= 0.6 is 0 Å². The molecule has 0 saturated carbocycles. The van der Waals surface area contributed by atoms with E-state index in [4.69, 9.17) is 9.47 Å². The summed E-state index contributed by atoms with van der Waals surface area (Å²) in [5.74, 6) is 1.47. The minimum absolute atomic E-state index is 0.0441. The maximum atomic E-state index is 12.3. The molecule has 0 unspecified atom stereocenters. The number of hydrogen-bond acceptors (Lipinski definition) is 3. The summed E-state index contributed by atoms with van der Waals surface area (Å²) >= 11 is 0. The van der Waals surface area contributed by atoms with Crippen molar-refractivity contribution in [3.05, 3.63) is 71.3 Å². The molecule has 1 aliphatic heterocycles. The van der Waals surface area contributed by atoms with E-state index in [1.165, 1.54) is 0 Å². The van der Waals surface area contributed by atoms with Gasteiger partial charge in [0.1, 0.15) is 18.1 Å². The van der Waals surface area contributed by atoms with Gasteiger partial charge in [-0.1, -0.05) is 36.4 Å². The zero-order valence-corrected chi connectivity index (χ0v) is 12.3. The van der Waals surface area contributed by atoms with Gasteiger partial charge in [-0.2, -0.15) is 0 Å². The van der Waals surface area contributed by atoms with Crippen LogP contribution in [0.4, 0.5) is 0 Å². The fraction of sp³-hybridized carbons (Fsp3) is 0.105. The normalized spacial score (nSPS) is 13.2. The average molecular weight is 292 g/mol. The third kappa shape index (κ3) is 3.09. The average Bonchev–Trinajstić information content (AvgIpc) is 2.59. The number of ether oxygens (including phenoxy) is 2. The van der Waals surface area contributed by atoms with Gasteiger partial charge in [-0.05, 0) is 35.9 Å². The van der Waals surface area contributed by atoms with Gasteiger partial charge in [0.05, 0.1) is 7.11 Å². The zero-order chi connectivity index (χ0) is 15.4. The number of ketones is 1. The number of fused-ring (bicyclic) bond motifs is 1. The summed E-state index contributed by atoms with van der Waals surface area (Å²) in [5.41, 5.74) is 2.49. The van der Waals surface area contributed by atoms with Gasteiger partial charge in [0.2, 0.25) is 0 Å². The van der Waals surface area contributed by atoms with E-state index in [1.807, 2.05) is 60.7 Å². The first-order valence-corrected chi connectivity index (χ1v) is 7.05. The van der Waals surface area contributed by atoms with Crippen LogP contribution in [0.3, 0.4) is 0 Å². The van der Waals surface area contributed by atoms with Gasteiger partial charge in [-0.25, -0.2) is 0 Å². The predicted molar refractivity (Wildman–Crippen MR) is 86.9 cm³/mol. The van der Waals surface area contributed by atoms with Crippen molar-refractivity contribution in [2.45, 2.75) is 0 Å². The first-order valence-electron chi connectivity index (χ1n) is 7.05. The van der Waals surface area contributed by atoms with Crippen LogP contribution < -0.4 is 9.47 Å². The van der Waals surface area contributed by atoms with Crippen molar-refractivity contribution in [2.24, 2.45) is 0 Å². The molecule has 0 amide bonds. The van der Waals surface area contributed by atoms with Crippen molar-refractivity contribution >= 4 is 17.9 Å². The molecule has 22 heavy (non-hydrogen) atoms. The van der Waals surface area contributed by atoms with E-state index in [0.29, 0.717) is 5.57 Å². The molecule has 1 aliphatic rings. The molecule has 0 aromatic heterocycles. The largest absolute Gasteiger partial charge is 0.497 e. The second-order valence-electron chi connectivity index (χ2n) is 4.97. The molecule has 2 aromatic rings. The molecule has 0 saturated heterocycles. The van der Waals surface area contributed by atoms with Crippen LogP contribution in [0.15, 0.2) is 60.2 Å². The summed E-state index contributed by atoms with van der Waals surface area (Å²) in [7, 11) is 1.61. The molecule has 0 aliphatic carbocycles. The number of carbonyl (C=O) groups is 1. The third-order valence-electron chi connectivity index (χ3n) is 3.47. The second-order valence-corrected chi connectivity index (χ2v) is 4.97. The molecule has 0 atom stereocenters. The molecule has 0 radical (unpaired) electrons. The predicted octanol–water partition coefficient (Wildman–Crippen LogP) is 3.75.